The fourth-order valence-corrected chi connectivity index (χ4v) is 5.63. The number of carbonyl (C=O) groups excluding carboxylic acids is 1. The van der Waals surface area contributed by atoms with Gasteiger partial charge < -0.3 is 5.73 Å². The third kappa shape index (κ3) is 5.09. The molecule has 0 aliphatic heterocycles. The molecule has 186 valence electrons. The summed E-state index contributed by atoms with van der Waals surface area (Å²) in [7, 11) is 0. The highest BCUT2D eigenvalue weighted by molar-refractivity contribution is 5.92. The predicted octanol–water partition coefficient (Wildman–Crippen LogP) is 7.66. The van der Waals surface area contributed by atoms with E-state index in [1.165, 1.54) is 54.4 Å². The third-order valence-corrected chi connectivity index (χ3v) is 7.84. The molecule has 1 heterocycles. The van der Waals surface area contributed by atoms with Gasteiger partial charge >= 0.3 is 0 Å². The van der Waals surface area contributed by atoms with E-state index in [0.29, 0.717) is 11.5 Å². The van der Waals surface area contributed by atoms with Gasteiger partial charge in [-0.3, -0.25) is 9.48 Å². The molecule has 1 saturated carbocycles. The van der Waals surface area contributed by atoms with Gasteiger partial charge in [0.25, 0.3) is 0 Å². The van der Waals surface area contributed by atoms with Crippen LogP contribution in [0.25, 0.3) is 22.0 Å². The van der Waals surface area contributed by atoms with E-state index in [-0.39, 0.29) is 11.5 Å². The molecule has 0 bridgehead atoms. The van der Waals surface area contributed by atoms with Crippen molar-refractivity contribution in [2.75, 3.05) is 0 Å². The normalized spacial score (nSPS) is 15.8. The summed E-state index contributed by atoms with van der Waals surface area (Å²) < 4.78 is 2.19. The minimum Gasteiger partial charge on any atom is -0.366 e. The highest BCUT2D eigenvalue weighted by atomic mass is 16.1. The Bertz CT molecular complexity index is 1340. The second-order valence-electron chi connectivity index (χ2n) is 11.4. The number of fused-ring (bicyclic) bond motifs is 1. The molecule has 3 aromatic carbocycles. The maximum atomic E-state index is 11.6. The number of carbonyl (C=O) groups is 1. The number of hydrogen-bond donors (Lipinski definition) is 1. The van der Waals surface area contributed by atoms with Crippen molar-refractivity contribution in [2.45, 2.75) is 70.8 Å². The molecule has 4 aromatic rings. The first-order valence-corrected chi connectivity index (χ1v) is 13.3. The van der Waals surface area contributed by atoms with Crippen LogP contribution in [0, 0.1) is 5.92 Å². The molecular weight excluding hydrogens is 442 g/mol. The average molecular weight is 480 g/mol. The summed E-state index contributed by atoms with van der Waals surface area (Å²) >= 11 is 0. The minimum absolute atomic E-state index is 0.129. The Morgan fingerprint density at radius 2 is 1.61 bits per heavy atom. The Labute approximate surface area is 214 Å². The van der Waals surface area contributed by atoms with Crippen molar-refractivity contribution >= 4 is 16.8 Å². The van der Waals surface area contributed by atoms with Crippen molar-refractivity contribution in [3.8, 4) is 11.1 Å². The molecule has 0 spiro atoms. The summed E-state index contributed by atoms with van der Waals surface area (Å²) in [4.78, 5) is 11.6. The molecule has 1 fully saturated rings. The van der Waals surface area contributed by atoms with E-state index in [2.05, 4.69) is 67.9 Å². The molecule has 1 aromatic heterocycles. The first-order valence-electron chi connectivity index (χ1n) is 13.3. The predicted molar refractivity (Wildman–Crippen MR) is 148 cm³/mol. The largest absolute Gasteiger partial charge is 0.366 e. The summed E-state index contributed by atoms with van der Waals surface area (Å²) in [6.07, 6.45) is 9.59. The van der Waals surface area contributed by atoms with E-state index in [9.17, 15) is 4.79 Å². The van der Waals surface area contributed by atoms with Gasteiger partial charge in [0.15, 0.2) is 0 Å². The van der Waals surface area contributed by atoms with Gasteiger partial charge in [0, 0.05) is 10.9 Å². The molecular formula is C32H37N3O. The zero-order valence-electron chi connectivity index (χ0n) is 21.7. The second-order valence-corrected chi connectivity index (χ2v) is 11.4. The Balaban J connectivity index is 1.49. The van der Waals surface area contributed by atoms with Crippen LogP contribution in [-0.2, 0) is 5.41 Å². The number of nitrogens with zero attached hydrogens (tertiary/aromatic N) is 2. The highest BCUT2D eigenvalue weighted by Crippen LogP contribution is 2.36. The number of rotatable bonds is 6. The van der Waals surface area contributed by atoms with E-state index >= 15 is 0 Å². The van der Waals surface area contributed by atoms with Gasteiger partial charge in [-0.2, -0.15) is 5.10 Å². The van der Waals surface area contributed by atoms with Crippen molar-refractivity contribution in [2.24, 2.45) is 11.7 Å². The number of primary amides is 1. The van der Waals surface area contributed by atoms with Crippen LogP contribution in [0.3, 0.4) is 0 Å². The van der Waals surface area contributed by atoms with Crippen LogP contribution < -0.4 is 5.73 Å². The van der Waals surface area contributed by atoms with Crippen LogP contribution in [0.4, 0.5) is 0 Å². The van der Waals surface area contributed by atoms with E-state index in [4.69, 9.17) is 10.8 Å². The van der Waals surface area contributed by atoms with Gasteiger partial charge in [0.05, 0.1) is 17.8 Å². The quantitative estimate of drug-likeness (QED) is 0.308. The number of amides is 1. The second kappa shape index (κ2) is 9.93. The number of hydrogen-bond acceptors (Lipinski definition) is 2. The molecule has 4 nitrogen and oxygen atoms in total. The SMILES string of the molecule is CC(C)(C)c1ccc(-c2ccc3c(cnn3C(CC3CCCCC3)c3ccc(C(N)=O)cc3)c2)cc1. The Kier molecular flexibility index (Phi) is 6.70. The van der Waals surface area contributed by atoms with Crippen molar-refractivity contribution in [1.29, 1.82) is 0 Å². The molecule has 1 unspecified atom stereocenters. The Morgan fingerprint density at radius 1 is 0.944 bits per heavy atom. The molecule has 4 heteroatoms. The fraction of sp³-hybridized carbons (Fsp3) is 0.375. The summed E-state index contributed by atoms with van der Waals surface area (Å²) in [5.74, 6) is 0.303. The molecule has 5 rings (SSSR count). The molecule has 0 saturated heterocycles. The van der Waals surface area contributed by atoms with Gasteiger partial charge in [-0.15, -0.1) is 0 Å². The van der Waals surface area contributed by atoms with Crippen LogP contribution in [-0.4, -0.2) is 15.7 Å². The van der Waals surface area contributed by atoms with Crippen molar-refractivity contribution in [1.82, 2.24) is 9.78 Å². The van der Waals surface area contributed by atoms with Crippen LogP contribution in [0.5, 0.6) is 0 Å². The molecule has 0 radical (unpaired) electrons. The van der Waals surface area contributed by atoms with Crippen molar-refractivity contribution in [3.05, 3.63) is 89.6 Å². The Hall–Kier alpha value is -3.40. The summed E-state index contributed by atoms with van der Waals surface area (Å²) in [6.45, 7) is 6.73. The lowest BCUT2D eigenvalue weighted by Crippen LogP contribution is -2.18. The smallest absolute Gasteiger partial charge is 0.248 e. The highest BCUT2D eigenvalue weighted by Gasteiger charge is 2.24. The zero-order chi connectivity index (χ0) is 25.3. The van der Waals surface area contributed by atoms with Gasteiger partial charge in [-0.1, -0.05) is 95.3 Å². The third-order valence-electron chi connectivity index (χ3n) is 7.84. The maximum Gasteiger partial charge on any atom is 0.248 e. The van der Waals surface area contributed by atoms with Crippen LogP contribution in [0.15, 0.2) is 72.9 Å². The monoisotopic (exact) mass is 479 g/mol. The van der Waals surface area contributed by atoms with Gasteiger partial charge in [-0.25, -0.2) is 0 Å². The molecule has 1 amide bonds. The van der Waals surface area contributed by atoms with E-state index in [0.717, 1.165) is 17.3 Å². The topological polar surface area (TPSA) is 60.9 Å². The zero-order valence-corrected chi connectivity index (χ0v) is 21.7. The molecule has 1 atom stereocenters. The lowest BCUT2D eigenvalue weighted by Gasteiger charge is -2.27. The van der Waals surface area contributed by atoms with Crippen molar-refractivity contribution < 1.29 is 4.79 Å². The van der Waals surface area contributed by atoms with E-state index < -0.39 is 5.91 Å². The molecule has 36 heavy (non-hydrogen) atoms. The standard InChI is InChI=1S/C32H37N3O/c1-32(2,3)28-16-13-23(14-17-28)26-15-18-29-27(20-26)21-34-35(29)30(19-22-7-5-4-6-8-22)24-9-11-25(12-10-24)31(33)36/h9-18,20-22,30H,4-8,19H2,1-3H3,(H2,33,36). The van der Waals surface area contributed by atoms with Crippen LogP contribution in [0.1, 0.15) is 86.8 Å². The lowest BCUT2D eigenvalue weighted by molar-refractivity contribution is 0.1000. The number of aromatic nitrogens is 2. The molecule has 2 N–H and O–H groups in total. The number of nitrogens with two attached hydrogens (primary N) is 1. The van der Waals surface area contributed by atoms with Crippen LogP contribution in [0.2, 0.25) is 0 Å². The van der Waals surface area contributed by atoms with Gasteiger partial charge in [-0.05, 0) is 64.3 Å². The summed E-state index contributed by atoms with van der Waals surface area (Å²) in [5, 5.41) is 6.05. The first kappa shape index (κ1) is 24.3. The van der Waals surface area contributed by atoms with Crippen LogP contribution >= 0.6 is 0 Å². The average Bonchev–Trinajstić information content (AvgIpc) is 3.30. The van der Waals surface area contributed by atoms with E-state index in [1.807, 2.05) is 30.5 Å². The van der Waals surface area contributed by atoms with E-state index in [1.54, 1.807) is 0 Å². The molecule has 1 aliphatic rings. The Morgan fingerprint density at radius 3 is 2.25 bits per heavy atom. The fourth-order valence-electron chi connectivity index (χ4n) is 5.63. The number of benzene rings is 3. The van der Waals surface area contributed by atoms with Gasteiger partial charge in [0.1, 0.15) is 0 Å². The maximum absolute atomic E-state index is 11.6. The van der Waals surface area contributed by atoms with Crippen molar-refractivity contribution in [3.63, 3.8) is 0 Å². The van der Waals surface area contributed by atoms with Gasteiger partial charge in [0.2, 0.25) is 5.91 Å². The molecule has 1 aliphatic carbocycles. The minimum atomic E-state index is -0.391. The summed E-state index contributed by atoms with van der Waals surface area (Å²) in [6, 6.07) is 23.5. The first-order chi connectivity index (χ1) is 17.3. The summed E-state index contributed by atoms with van der Waals surface area (Å²) in [5.41, 5.74) is 12.3. The lowest BCUT2D eigenvalue weighted by atomic mass is 9.83.